The molecule has 1 aliphatic heterocycles. The van der Waals surface area contributed by atoms with Crippen molar-refractivity contribution in [1.29, 1.82) is 0 Å². The summed E-state index contributed by atoms with van der Waals surface area (Å²) in [6.45, 7) is 1.45. The molecule has 2 rings (SSSR count). The average Bonchev–Trinajstić information content (AvgIpc) is 2.57. The molecule has 1 N–H and O–H groups in total. The summed E-state index contributed by atoms with van der Waals surface area (Å²) < 4.78 is 41.3. The zero-order chi connectivity index (χ0) is 13.0. The number of nitrogens with one attached hydrogen (secondary N) is 1. The zero-order valence-corrected chi connectivity index (χ0v) is 10.3. The summed E-state index contributed by atoms with van der Waals surface area (Å²) in [5.41, 5.74) is 0.372. The Morgan fingerprint density at radius 2 is 2.06 bits per heavy atom. The van der Waals surface area contributed by atoms with Gasteiger partial charge in [-0.2, -0.15) is 0 Å². The van der Waals surface area contributed by atoms with E-state index >= 15 is 0 Å². The Hall–Kier alpha value is -1.03. The van der Waals surface area contributed by atoms with Gasteiger partial charge in [-0.15, -0.1) is 0 Å². The van der Waals surface area contributed by atoms with Crippen LogP contribution in [0.4, 0.5) is 13.2 Å². The van der Waals surface area contributed by atoms with E-state index < -0.39 is 17.7 Å². The van der Waals surface area contributed by atoms with Crippen LogP contribution in [0.25, 0.3) is 0 Å². The van der Waals surface area contributed by atoms with Gasteiger partial charge >= 0.3 is 0 Å². The summed E-state index contributed by atoms with van der Waals surface area (Å²) in [6, 6.07) is 5.52. The fraction of sp³-hybridized carbons (Fsp3) is 0.571. The number of benzene rings is 1. The van der Waals surface area contributed by atoms with Crippen LogP contribution in [0.1, 0.15) is 24.8 Å². The van der Waals surface area contributed by atoms with Gasteiger partial charge in [-0.3, -0.25) is 0 Å². The molecule has 1 fully saturated rings. The third kappa shape index (κ3) is 3.48. The topological polar surface area (TPSA) is 12.0 Å². The van der Waals surface area contributed by atoms with Gasteiger partial charge in [0.1, 0.15) is 5.82 Å². The number of hydrogen-bond acceptors (Lipinski definition) is 1. The van der Waals surface area contributed by atoms with E-state index in [2.05, 4.69) is 5.32 Å². The third-order valence-corrected chi connectivity index (χ3v) is 3.50. The van der Waals surface area contributed by atoms with Gasteiger partial charge in [0.15, 0.2) is 0 Å². The fourth-order valence-corrected chi connectivity index (χ4v) is 2.50. The largest absolute Gasteiger partial charge is 0.317 e. The lowest BCUT2D eigenvalue weighted by molar-refractivity contribution is -0.0616. The summed E-state index contributed by atoms with van der Waals surface area (Å²) in [5, 5.41) is 3.13. The Balaban J connectivity index is 2.05. The molecule has 0 spiro atoms. The Morgan fingerprint density at radius 1 is 1.22 bits per heavy atom. The first kappa shape index (κ1) is 13.4. The third-order valence-electron chi connectivity index (χ3n) is 3.50. The first-order valence-electron chi connectivity index (χ1n) is 6.41. The van der Waals surface area contributed by atoms with Crippen molar-refractivity contribution in [3.63, 3.8) is 0 Å². The smallest absolute Gasteiger partial charge is 0.254 e. The molecule has 0 saturated carbocycles. The Kier molecular flexibility index (Phi) is 4.27. The molecule has 1 aliphatic rings. The van der Waals surface area contributed by atoms with Crippen molar-refractivity contribution < 1.29 is 13.2 Å². The van der Waals surface area contributed by atoms with E-state index in [9.17, 15) is 13.2 Å². The van der Waals surface area contributed by atoms with Gasteiger partial charge in [-0.1, -0.05) is 12.1 Å². The van der Waals surface area contributed by atoms with Crippen LogP contribution >= 0.6 is 0 Å². The van der Waals surface area contributed by atoms with E-state index in [-0.39, 0.29) is 6.42 Å². The van der Waals surface area contributed by atoms with Crippen LogP contribution in [-0.4, -0.2) is 19.0 Å². The minimum Gasteiger partial charge on any atom is -0.317 e. The number of hydrogen-bond donors (Lipinski definition) is 1. The van der Waals surface area contributed by atoms with Crippen LogP contribution in [0.5, 0.6) is 0 Å². The molecule has 100 valence electrons. The second-order valence-electron chi connectivity index (χ2n) is 4.95. The normalized spacial score (nSPS) is 21.6. The Labute approximate surface area is 105 Å². The molecule has 0 amide bonds. The van der Waals surface area contributed by atoms with E-state index in [0.29, 0.717) is 24.9 Å². The standard InChI is InChI=1S/C14H18F3N/c15-13-5-1-3-11(9-13)10-14(16,17)12-4-2-7-18-8-6-12/h1,3,5,9,12,18H,2,4,6-8,10H2. The highest BCUT2D eigenvalue weighted by atomic mass is 19.3. The SMILES string of the molecule is Fc1cccc(CC(F)(F)C2CCCNCC2)c1. The van der Waals surface area contributed by atoms with Gasteiger partial charge in [0, 0.05) is 12.3 Å². The van der Waals surface area contributed by atoms with Gasteiger partial charge in [-0.25, -0.2) is 13.2 Å². The molecule has 0 aliphatic carbocycles. The average molecular weight is 257 g/mol. The van der Waals surface area contributed by atoms with E-state index in [4.69, 9.17) is 0 Å². The molecule has 1 atom stereocenters. The second-order valence-corrected chi connectivity index (χ2v) is 4.95. The van der Waals surface area contributed by atoms with Crippen LogP contribution in [0.2, 0.25) is 0 Å². The van der Waals surface area contributed by atoms with Crippen LogP contribution in [-0.2, 0) is 6.42 Å². The fourth-order valence-electron chi connectivity index (χ4n) is 2.50. The van der Waals surface area contributed by atoms with Gasteiger partial charge in [0.05, 0.1) is 0 Å². The molecule has 1 saturated heterocycles. The number of alkyl halides is 2. The van der Waals surface area contributed by atoms with Crippen molar-refractivity contribution >= 4 is 0 Å². The van der Waals surface area contributed by atoms with Crippen molar-refractivity contribution in [1.82, 2.24) is 5.32 Å². The predicted octanol–water partition coefficient (Wildman–Crippen LogP) is 3.39. The first-order valence-corrected chi connectivity index (χ1v) is 6.41. The quantitative estimate of drug-likeness (QED) is 0.875. The summed E-state index contributed by atoms with van der Waals surface area (Å²) in [7, 11) is 0. The lowest BCUT2D eigenvalue weighted by atomic mass is 9.89. The van der Waals surface area contributed by atoms with Gasteiger partial charge in [0.25, 0.3) is 5.92 Å². The van der Waals surface area contributed by atoms with E-state index in [1.165, 1.54) is 18.2 Å². The molecule has 1 unspecified atom stereocenters. The van der Waals surface area contributed by atoms with Crippen molar-refractivity contribution in [3.05, 3.63) is 35.6 Å². The summed E-state index contributed by atoms with van der Waals surface area (Å²) in [6.07, 6.45) is 1.44. The van der Waals surface area contributed by atoms with Gasteiger partial charge in [0.2, 0.25) is 0 Å². The highest BCUT2D eigenvalue weighted by molar-refractivity contribution is 5.18. The van der Waals surface area contributed by atoms with E-state index in [0.717, 1.165) is 13.0 Å². The summed E-state index contributed by atoms with van der Waals surface area (Å²) >= 11 is 0. The zero-order valence-electron chi connectivity index (χ0n) is 10.3. The summed E-state index contributed by atoms with van der Waals surface area (Å²) in [5.74, 6) is -3.80. The molecular weight excluding hydrogens is 239 g/mol. The van der Waals surface area contributed by atoms with Crippen LogP contribution < -0.4 is 5.32 Å². The molecule has 0 aromatic heterocycles. The number of halogens is 3. The highest BCUT2D eigenvalue weighted by Gasteiger charge is 2.39. The maximum absolute atomic E-state index is 14.2. The molecule has 1 aromatic carbocycles. The first-order chi connectivity index (χ1) is 8.58. The highest BCUT2D eigenvalue weighted by Crippen LogP contribution is 2.35. The molecule has 0 bridgehead atoms. The van der Waals surface area contributed by atoms with Crippen molar-refractivity contribution in [2.45, 2.75) is 31.6 Å². The minimum absolute atomic E-state index is 0.366. The van der Waals surface area contributed by atoms with Gasteiger partial charge in [-0.05, 0) is 50.0 Å². The molecule has 1 nitrogen and oxygen atoms in total. The molecule has 1 aromatic rings. The van der Waals surface area contributed by atoms with Crippen molar-refractivity contribution in [3.8, 4) is 0 Å². The second kappa shape index (κ2) is 5.74. The van der Waals surface area contributed by atoms with Crippen LogP contribution in [0, 0.1) is 11.7 Å². The van der Waals surface area contributed by atoms with Gasteiger partial charge < -0.3 is 5.32 Å². The van der Waals surface area contributed by atoms with Crippen LogP contribution in [0.15, 0.2) is 24.3 Å². The molecule has 18 heavy (non-hydrogen) atoms. The van der Waals surface area contributed by atoms with E-state index in [1.807, 2.05) is 0 Å². The molecule has 1 heterocycles. The lowest BCUT2D eigenvalue weighted by Crippen LogP contribution is -2.31. The monoisotopic (exact) mass is 257 g/mol. The Morgan fingerprint density at radius 3 is 2.83 bits per heavy atom. The maximum Gasteiger partial charge on any atom is 0.254 e. The maximum atomic E-state index is 14.2. The molecular formula is C14H18F3N. The lowest BCUT2D eigenvalue weighted by Gasteiger charge is -2.25. The molecule has 0 radical (unpaired) electrons. The minimum atomic E-state index is -2.75. The van der Waals surface area contributed by atoms with E-state index in [1.54, 1.807) is 6.07 Å². The van der Waals surface area contributed by atoms with Crippen molar-refractivity contribution in [2.75, 3.05) is 13.1 Å². The summed E-state index contributed by atoms with van der Waals surface area (Å²) in [4.78, 5) is 0. The van der Waals surface area contributed by atoms with Crippen molar-refractivity contribution in [2.24, 2.45) is 5.92 Å². The predicted molar refractivity (Wildman–Crippen MR) is 65.3 cm³/mol. The number of rotatable bonds is 3. The Bertz CT molecular complexity index is 384. The molecule has 4 heteroatoms. The van der Waals surface area contributed by atoms with Crippen LogP contribution in [0.3, 0.4) is 0 Å².